The zero-order valence-corrected chi connectivity index (χ0v) is 15.8. The molecule has 1 heterocycles. The number of pyridine rings is 1. The molecule has 6 nitrogen and oxygen atoms in total. The summed E-state index contributed by atoms with van der Waals surface area (Å²) < 4.78 is 1.32. The van der Waals surface area contributed by atoms with Crippen LogP contribution in [0, 0.1) is 17.3 Å². The first kappa shape index (κ1) is 19.2. The fourth-order valence-electron chi connectivity index (χ4n) is 3.82. The first-order valence-corrected chi connectivity index (χ1v) is 8.79. The van der Waals surface area contributed by atoms with E-state index in [1.54, 1.807) is 32.4 Å². The van der Waals surface area contributed by atoms with Gasteiger partial charge in [0.2, 0.25) is 11.8 Å². The Labute approximate surface area is 149 Å². The first-order valence-electron chi connectivity index (χ1n) is 8.79. The van der Waals surface area contributed by atoms with Crippen LogP contribution in [-0.4, -0.2) is 35.4 Å². The number of nitrogens with one attached hydrogen (secondary N) is 1. The molecule has 0 aromatic carbocycles. The summed E-state index contributed by atoms with van der Waals surface area (Å²) in [5.41, 5.74) is 0.0126. The van der Waals surface area contributed by atoms with Gasteiger partial charge in [0, 0.05) is 26.2 Å². The molecule has 1 saturated carbocycles. The van der Waals surface area contributed by atoms with Gasteiger partial charge >= 0.3 is 0 Å². The number of carbonyl (C=O) groups is 2. The van der Waals surface area contributed by atoms with Gasteiger partial charge < -0.3 is 14.8 Å². The van der Waals surface area contributed by atoms with E-state index >= 15 is 0 Å². The Bertz CT molecular complexity index is 706. The predicted molar refractivity (Wildman–Crippen MR) is 98.3 cm³/mol. The maximum Gasteiger partial charge on any atom is 0.274 e. The Hall–Kier alpha value is -2.11. The van der Waals surface area contributed by atoms with Crippen LogP contribution in [0.25, 0.3) is 0 Å². The van der Waals surface area contributed by atoms with Gasteiger partial charge in [-0.25, -0.2) is 0 Å². The van der Waals surface area contributed by atoms with Gasteiger partial charge in [0.15, 0.2) is 0 Å². The maximum atomic E-state index is 12.7. The van der Waals surface area contributed by atoms with Crippen LogP contribution in [0.3, 0.4) is 0 Å². The molecule has 1 N–H and O–H groups in total. The third-order valence-corrected chi connectivity index (χ3v) is 4.84. The molecular weight excluding hydrogens is 318 g/mol. The minimum atomic E-state index is -0.353. The first-order chi connectivity index (χ1) is 11.6. The summed E-state index contributed by atoms with van der Waals surface area (Å²) in [5.74, 6) is 0.127. The summed E-state index contributed by atoms with van der Waals surface area (Å²) in [6, 6.07) is 3.27. The summed E-state index contributed by atoms with van der Waals surface area (Å²) in [7, 11) is 3.29. The molecule has 2 rings (SSSR count). The molecule has 1 aliphatic rings. The van der Waals surface area contributed by atoms with Gasteiger partial charge in [0.1, 0.15) is 12.2 Å². The van der Waals surface area contributed by atoms with Gasteiger partial charge in [-0.2, -0.15) is 0 Å². The van der Waals surface area contributed by atoms with E-state index in [0.29, 0.717) is 5.92 Å². The van der Waals surface area contributed by atoms with Gasteiger partial charge in [-0.05, 0) is 42.7 Å². The van der Waals surface area contributed by atoms with Crippen LogP contribution >= 0.6 is 0 Å². The molecule has 0 saturated heterocycles. The minimum Gasteiger partial charge on any atom is -0.347 e. The van der Waals surface area contributed by atoms with Crippen molar-refractivity contribution < 1.29 is 9.59 Å². The van der Waals surface area contributed by atoms with E-state index in [1.165, 1.54) is 9.47 Å². The number of nitrogens with zero attached hydrogens (tertiary/aromatic N) is 2. The molecule has 0 radical (unpaired) electrons. The van der Waals surface area contributed by atoms with Crippen molar-refractivity contribution in [2.75, 3.05) is 19.4 Å². The molecule has 1 aromatic heterocycles. The number of carbonyl (C=O) groups excluding carboxylic acids is 2. The second-order valence-corrected chi connectivity index (χ2v) is 8.24. The smallest absolute Gasteiger partial charge is 0.274 e. The summed E-state index contributed by atoms with van der Waals surface area (Å²) in [4.78, 5) is 38.4. The molecule has 6 heteroatoms. The fourth-order valence-corrected chi connectivity index (χ4v) is 3.82. The highest BCUT2D eigenvalue weighted by Gasteiger charge is 2.35. The van der Waals surface area contributed by atoms with Gasteiger partial charge in [-0.15, -0.1) is 0 Å². The number of anilines is 1. The normalized spacial score (nSPS) is 22.3. The van der Waals surface area contributed by atoms with Crippen molar-refractivity contribution >= 4 is 17.5 Å². The van der Waals surface area contributed by atoms with Gasteiger partial charge in [-0.3, -0.25) is 14.4 Å². The fraction of sp³-hybridized carbons (Fsp3) is 0.632. The molecule has 0 spiro atoms. The Balaban J connectivity index is 2.13. The Kier molecular flexibility index (Phi) is 5.70. The number of amides is 2. The van der Waals surface area contributed by atoms with Gasteiger partial charge in [0.05, 0.1) is 0 Å². The molecule has 0 unspecified atom stereocenters. The number of rotatable bonds is 4. The number of aromatic nitrogens is 1. The van der Waals surface area contributed by atoms with Crippen molar-refractivity contribution in [2.45, 2.75) is 46.6 Å². The molecule has 1 aliphatic carbocycles. The molecule has 0 bridgehead atoms. The van der Waals surface area contributed by atoms with E-state index in [4.69, 9.17) is 0 Å². The van der Waals surface area contributed by atoms with E-state index in [-0.39, 0.29) is 40.9 Å². The van der Waals surface area contributed by atoms with E-state index in [0.717, 1.165) is 19.3 Å². The topological polar surface area (TPSA) is 71.4 Å². The van der Waals surface area contributed by atoms with Crippen molar-refractivity contribution in [3.63, 3.8) is 0 Å². The number of hydrogen-bond acceptors (Lipinski definition) is 3. The molecule has 2 atom stereocenters. The number of hydrogen-bond donors (Lipinski definition) is 1. The van der Waals surface area contributed by atoms with Crippen LogP contribution in [0.15, 0.2) is 23.1 Å². The van der Waals surface area contributed by atoms with Crippen molar-refractivity contribution in [2.24, 2.45) is 17.3 Å². The van der Waals surface area contributed by atoms with Crippen molar-refractivity contribution in [3.05, 3.63) is 28.7 Å². The maximum absolute atomic E-state index is 12.7. The van der Waals surface area contributed by atoms with Gasteiger partial charge in [0.25, 0.3) is 5.56 Å². The predicted octanol–water partition coefficient (Wildman–Crippen LogP) is 2.34. The van der Waals surface area contributed by atoms with Crippen molar-refractivity contribution in [3.8, 4) is 0 Å². The lowest BCUT2D eigenvalue weighted by atomic mass is 9.68. The molecule has 1 fully saturated rings. The van der Waals surface area contributed by atoms with E-state index in [9.17, 15) is 14.4 Å². The average Bonchev–Trinajstić information content (AvgIpc) is 2.48. The molecule has 2 amide bonds. The highest BCUT2D eigenvalue weighted by Crippen LogP contribution is 2.41. The minimum absolute atomic E-state index is 0.0387. The second kappa shape index (κ2) is 7.42. The van der Waals surface area contributed by atoms with E-state index < -0.39 is 0 Å². The zero-order valence-electron chi connectivity index (χ0n) is 15.8. The largest absolute Gasteiger partial charge is 0.347 e. The van der Waals surface area contributed by atoms with E-state index in [1.807, 2.05) is 0 Å². The monoisotopic (exact) mass is 347 g/mol. The average molecular weight is 347 g/mol. The van der Waals surface area contributed by atoms with Gasteiger partial charge in [-0.1, -0.05) is 20.8 Å². The summed E-state index contributed by atoms with van der Waals surface area (Å²) >= 11 is 0. The third kappa shape index (κ3) is 4.94. The van der Waals surface area contributed by atoms with Crippen LogP contribution < -0.4 is 10.9 Å². The lowest BCUT2D eigenvalue weighted by Crippen LogP contribution is -2.37. The highest BCUT2D eigenvalue weighted by atomic mass is 16.2. The number of likely N-dealkylation sites (N-methyl/N-ethyl adjacent to an activating group) is 1. The quantitative estimate of drug-likeness (QED) is 0.909. The Morgan fingerprint density at radius 1 is 1.32 bits per heavy atom. The van der Waals surface area contributed by atoms with Crippen LogP contribution in [0.1, 0.15) is 40.0 Å². The SMILES string of the molecule is C[C@@H]1C[C@@H](C(=O)Nc2cccn(CC(=O)N(C)C)c2=O)CC(C)(C)C1. The lowest BCUT2D eigenvalue weighted by molar-refractivity contribution is -0.129. The molecule has 25 heavy (non-hydrogen) atoms. The van der Waals surface area contributed by atoms with E-state index in [2.05, 4.69) is 26.1 Å². The lowest BCUT2D eigenvalue weighted by Gasteiger charge is -2.38. The highest BCUT2D eigenvalue weighted by molar-refractivity contribution is 5.92. The summed E-state index contributed by atoms with van der Waals surface area (Å²) in [6.07, 6.45) is 4.34. The second-order valence-electron chi connectivity index (χ2n) is 8.24. The van der Waals surface area contributed by atoms with Crippen LogP contribution in [0.5, 0.6) is 0 Å². The van der Waals surface area contributed by atoms with Crippen LogP contribution in [-0.2, 0) is 16.1 Å². The molecule has 0 aliphatic heterocycles. The van der Waals surface area contributed by atoms with Crippen LogP contribution in [0.2, 0.25) is 0 Å². The van der Waals surface area contributed by atoms with Crippen molar-refractivity contribution in [1.82, 2.24) is 9.47 Å². The Morgan fingerprint density at radius 2 is 2.00 bits per heavy atom. The van der Waals surface area contributed by atoms with Crippen molar-refractivity contribution in [1.29, 1.82) is 0 Å². The molecule has 1 aromatic rings. The standard InChI is InChI=1S/C19H29N3O3/c1-13-9-14(11-19(2,3)10-13)17(24)20-15-7-6-8-22(18(15)25)12-16(23)21(4)5/h6-8,13-14H,9-12H2,1-5H3,(H,20,24)/t13-,14-/m1/s1. The summed E-state index contributed by atoms with van der Waals surface area (Å²) in [5, 5.41) is 2.78. The summed E-state index contributed by atoms with van der Waals surface area (Å²) in [6.45, 7) is 6.50. The molecule has 138 valence electrons. The molecular formula is C19H29N3O3. The zero-order chi connectivity index (χ0) is 18.8. The third-order valence-electron chi connectivity index (χ3n) is 4.84. The van der Waals surface area contributed by atoms with Crippen LogP contribution in [0.4, 0.5) is 5.69 Å². The Morgan fingerprint density at radius 3 is 2.60 bits per heavy atom.